The van der Waals surface area contributed by atoms with Crippen molar-refractivity contribution >= 4 is 46.4 Å². The maximum atomic E-state index is 13.2. The van der Waals surface area contributed by atoms with Crippen LogP contribution in [0.25, 0.3) is 0 Å². The Kier molecular flexibility index (Phi) is 4.38. The van der Waals surface area contributed by atoms with E-state index in [1.807, 2.05) is 0 Å². The van der Waals surface area contributed by atoms with E-state index in [1.54, 1.807) is 0 Å². The van der Waals surface area contributed by atoms with Gasteiger partial charge in [0.1, 0.15) is 5.75 Å². The molecular weight excluding hydrogens is 328 g/mol. The number of aromatic hydroxyl groups is 1. The molecule has 3 nitrogen and oxygen atoms in total. The van der Waals surface area contributed by atoms with Crippen LogP contribution in [-0.4, -0.2) is 11.0 Å². The van der Waals surface area contributed by atoms with Gasteiger partial charge < -0.3 is 10.4 Å². The van der Waals surface area contributed by atoms with Gasteiger partial charge in [-0.3, -0.25) is 4.79 Å². The lowest BCUT2D eigenvalue weighted by Gasteiger charge is -2.08. The molecule has 2 aromatic carbocycles. The van der Waals surface area contributed by atoms with E-state index in [0.29, 0.717) is 0 Å². The van der Waals surface area contributed by atoms with Gasteiger partial charge in [0.25, 0.3) is 5.91 Å². The lowest BCUT2D eigenvalue weighted by molar-refractivity contribution is 0.102. The summed E-state index contributed by atoms with van der Waals surface area (Å²) in [5.74, 6) is -1.37. The third kappa shape index (κ3) is 3.15. The largest absolute Gasteiger partial charge is 0.506 e. The Hall–Kier alpha value is -1.49. The van der Waals surface area contributed by atoms with Crippen LogP contribution in [0, 0.1) is 5.82 Å². The number of rotatable bonds is 2. The highest BCUT2D eigenvalue weighted by atomic mass is 35.5. The van der Waals surface area contributed by atoms with Crippen LogP contribution in [-0.2, 0) is 0 Å². The summed E-state index contributed by atoms with van der Waals surface area (Å²) >= 11 is 17.0. The molecule has 0 aliphatic heterocycles. The van der Waals surface area contributed by atoms with Gasteiger partial charge in [-0.1, -0.05) is 34.8 Å². The van der Waals surface area contributed by atoms with Crippen molar-refractivity contribution in [1.29, 1.82) is 0 Å². The Balaban J connectivity index is 2.25. The van der Waals surface area contributed by atoms with Crippen LogP contribution in [0.1, 0.15) is 10.4 Å². The summed E-state index contributed by atoms with van der Waals surface area (Å²) in [7, 11) is 0. The normalized spacial score (nSPS) is 10.4. The number of halogens is 4. The zero-order valence-electron chi connectivity index (χ0n) is 9.75. The second-order valence-corrected chi connectivity index (χ2v) is 5.10. The predicted octanol–water partition coefficient (Wildman–Crippen LogP) is 4.74. The molecule has 0 atom stereocenters. The van der Waals surface area contributed by atoms with Crippen molar-refractivity contribution in [2.45, 2.75) is 0 Å². The van der Waals surface area contributed by atoms with Gasteiger partial charge in [-0.05, 0) is 30.3 Å². The lowest BCUT2D eigenvalue weighted by Crippen LogP contribution is -2.12. The topological polar surface area (TPSA) is 49.3 Å². The Bertz CT molecular complexity index is 668. The summed E-state index contributed by atoms with van der Waals surface area (Å²) in [5, 5.41) is 11.4. The molecule has 0 saturated carbocycles. The number of nitrogens with one attached hydrogen (secondary N) is 1. The van der Waals surface area contributed by atoms with Crippen molar-refractivity contribution in [3.8, 4) is 5.75 Å². The number of phenols is 1. The third-order valence-electron chi connectivity index (χ3n) is 2.45. The number of carbonyl (C=O) groups excluding carboxylic acids is 1. The van der Waals surface area contributed by atoms with E-state index in [2.05, 4.69) is 5.32 Å². The number of phenolic OH excluding ortho intramolecular Hbond substituents is 1. The molecule has 0 aliphatic rings. The van der Waals surface area contributed by atoms with E-state index in [9.17, 15) is 14.3 Å². The molecule has 20 heavy (non-hydrogen) atoms. The minimum atomic E-state index is -0.751. The number of benzene rings is 2. The summed E-state index contributed by atoms with van der Waals surface area (Å²) in [6.45, 7) is 0. The first-order valence-electron chi connectivity index (χ1n) is 5.33. The van der Waals surface area contributed by atoms with Crippen molar-refractivity contribution in [1.82, 2.24) is 0 Å². The van der Waals surface area contributed by atoms with E-state index < -0.39 is 11.7 Å². The van der Waals surface area contributed by atoms with E-state index in [-0.39, 0.29) is 32.1 Å². The molecule has 0 radical (unpaired) electrons. The zero-order chi connectivity index (χ0) is 14.9. The van der Waals surface area contributed by atoms with Crippen LogP contribution in [0.15, 0.2) is 30.3 Å². The molecule has 0 aromatic heterocycles. The first kappa shape index (κ1) is 14.9. The average Bonchev–Trinajstić information content (AvgIpc) is 2.39. The van der Waals surface area contributed by atoms with Gasteiger partial charge >= 0.3 is 0 Å². The van der Waals surface area contributed by atoms with Crippen molar-refractivity contribution in [3.05, 3.63) is 56.8 Å². The van der Waals surface area contributed by atoms with Gasteiger partial charge in [0, 0.05) is 11.3 Å². The van der Waals surface area contributed by atoms with E-state index >= 15 is 0 Å². The Labute approximate surface area is 128 Å². The molecule has 2 aromatic rings. The molecule has 104 valence electrons. The Morgan fingerprint density at radius 3 is 2.20 bits per heavy atom. The molecule has 0 unspecified atom stereocenters. The van der Waals surface area contributed by atoms with Crippen LogP contribution < -0.4 is 5.32 Å². The standard InChI is InChI=1S/C13H7Cl3FNO2/c14-8-3-6(1-2-11(8)19)13(20)18-7-4-9(15)12(17)10(16)5-7/h1-5,19H,(H,18,20). The second-order valence-electron chi connectivity index (χ2n) is 3.87. The fourth-order valence-corrected chi connectivity index (χ4v) is 2.15. The van der Waals surface area contributed by atoms with Gasteiger partial charge in [0.2, 0.25) is 0 Å². The number of amides is 1. The highest BCUT2D eigenvalue weighted by molar-refractivity contribution is 6.35. The monoisotopic (exact) mass is 333 g/mol. The number of anilines is 1. The Morgan fingerprint density at radius 2 is 1.65 bits per heavy atom. The lowest BCUT2D eigenvalue weighted by atomic mass is 10.2. The number of hydrogen-bond acceptors (Lipinski definition) is 2. The minimum Gasteiger partial charge on any atom is -0.506 e. The molecule has 0 fully saturated rings. The quantitative estimate of drug-likeness (QED) is 0.779. The van der Waals surface area contributed by atoms with Gasteiger partial charge in [0.05, 0.1) is 15.1 Å². The minimum absolute atomic E-state index is 0.0489. The van der Waals surface area contributed by atoms with Gasteiger partial charge in [-0.2, -0.15) is 0 Å². The van der Waals surface area contributed by atoms with E-state index in [4.69, 9.17) is 34.8 Å². The molecule has 0 spiro atoms. The van der Waals surface area contributed by atoms with Crippen LogP contribution in [0.2, 0.25) is 15.1 Å². The molecule has 0 saturated heterocycles. The molecule has 0 bridgehead atoms. The summed E-state index contributed by atoms with van der Waals surface area (Å²) in [6, 6.07) is 6.47. The highest BCUT2D eigenvalue weighted by Crippen LogP contribution is 2.28. The number of carbonyl (C=O) groups is 1. The molecule has 7 heteroatoms. The van der Waals surface area contributed by atoms with E-state index in [1.165, 1.54) is 30.3 Å². The smallest absolute Gasteiger partial charge is 0.255 e. The molecule has 0 heterocycles. The zero-order valence-corrected chi connectivity index (χ0v) is 12.0. The maximum Gasteiger partial charge on any atom is 0.255 e. The molecule has 1 amide bonds. The van der Waals surface area contributed by atoms with Crippen LogP contribution >= 0.6 is 34.8 Å². The molecule has 2 rings (SSSR count). The molecular formula is C13H7Cl3FNO2. The van der Waals surface area contributed by atoms with E-state index in [0.717, 1.165) is 0 Å². The summed E-state index contributed by atoms with van der Waals surface area (Å²) in [4.78, 5) is 12.0. The molecule has 0 aliphatic carbocycles. The second kappa shape index (κ2) is 5.87. The predicted molar refractivity (Wildman–Crippen MR) is 77.5 cm³/mol. The summed E-state index contributed by atoms with van der Waals surface area (Å²) in [6.07, 6.45) is 0. The van der Waals surface area contributed by atoms with Crippen LogP contribution in [0.5, 0.6) is 5.75 Å². The number of hydrogen-bond donors (Lipinski definition) is 2. The van der Waals surface area contributed by atoms with Crippen molar-refractivity contribution in [2.24, 2.45) is 0 Å². The average molecular weight is 335 g/mol. The van der Waals surface area contributed by atoms with Crippen molar-refractivity contribution < 1.29 is 14.3 Å². The van der Waals surface area contributed by atoms with Crippen LogP contribution in [0.4, 0.5) is 10.1 Å². The summed E-state index contributed by atoms with van der Waals surface area (Å²) in [5.41, 5.74) is 0.472. The van der Waals surface area contributed by atoms with Crippen molar-refractivity contribution in [3.63, 3.8) is 0 Å². The SMILES string of the molecule is O=C(Nc1cc(Cl)c(F)c(Cl)c1)c1ccc(O)c(Cl)c1. The van der Waals surface area contributed by atoms with Gasteiger partial charge in [-0.15, -0.1) is 0 Å². The highest BCUT2D eigenvalue weighted by Gasteiger charge is 2.12. The fraction of sp³-hybridized carbons (Fsp3) is 0. The molecule has 2 N–H and O–H groups in total. The third-order valence-corrected chi connectivity index (χ3v) is 3.30. The van der Waals surface area contributed by atoms with Crippen LogP contribution in [0.3, 0.4) is 0 Å². The maximum absolute atomic E-state index is 13.2. The fourth-order valence-electron chi connectivity index (χ4n) is 1.48. The van der Waals surface area contributed by atoms with Gasteiger partial charge in [-0.25, -0.2) is 4.39 Å². The first-order valence-corrected chi connectivity index (χ1v) is 6.46. The van der Waals surface area contributed by atoms with Crippen molar-refractivity contribution in [2.75, 3.05) is 5.32 Å². The van der Waals surface area contributed by atoms with Gasteiger partial charge in [0.15, 0.2) is 5.82 Å². The Morgan fingerprint density at radius 1 is 1.05 bits per heavy atom. The summed E-state index contributed by atoms with van der Waals surface area (Å²) < 4.78 is 13.2. The first-order chi connectivity index (χ1) is 9.38.